The van der Waals surface area contributed by atoms with Gasteiger partial charge in [0.15, 0.2) is 5.69 Å². The zero-order chi connectivity index (χ0) is 13.1. The van der Waals surface area contributed by atoms with E-state index in [1.165, 1.54) is 11.3 Å². The monoisotopic (exact) mass is 281 g/mol. The summed E-state index contributed by atoms with van der Waals surface area (Å²) in [6.07, 6.45) is 1.63. The Balaban J connectivity index is 2.27. The molecule has 0 atom stereocenters. The molecule has 0 unspecified atom stereocenters. The third-order valence-corrected chi connectivity index (χ3v) is 3.60. The number of aryl methyl sites for hydroxylation is 1. The van der Waals surface area contributed by atoms with Gasteiger partial charge in [-0.25, -0.2) is 0 Å². The van der Waals surface area contributed by atoms with E-state index in [-0.39, 0.29) is 5.91 Å². The van der Waals surface area contributed by atoms with Crippen LogP contribution in [-0.2, 0) is 7.05 Å². The minimum Gasteiger partial charge on any atom is -0.347 e. The molecule has 2 rings (SSSR count). The van der Waals surface area contributed by atoms with E-state index in [4.69, 9.17) is 11.6 Å². The van der Waals surface area contributed by atoms with Gasteiger partial charge in [-0.1, -0.05) is 17.7 Å². The summed E-state index contributed by atoms with van der Waals surface area (Å²) in [5.74, 6) is -0.209. The van der Waals surface area contributed by atoms with Gasteiger partial charge in [-0.05, 0) is 18.2 Å². The Bertz CT molecular complexity index is 588. The smallest absolute Gasteiger partial charge is 0.272 e. The third-order valence-electron chi connectivity index (χ3n) is 2.35. The van der Waals surface area contributed by atoms with Gasteiger partial charge in [0.25, 0.3) is 5.91 Å². The fourth-order valence-corrected chi connectivity index (χ4v) is 2.61. The number of carbonyl (C=O) groups is 1. The molecule has 2 aromatic heterocycles. The maximum atomic E-state index is 11.7. The molecule has 4 nitrogen and oxygen atoms in total. The highest BCUT2D eigenvalue weighted by atomic mass is 35.5. The lowest BCUT2D eigenvalue weighted by molar-refractivity contribution is 0.0952. The normalized spacial score (nSPS) is 10.3. The molecule has 0 saturated carbocycles. The first kappa shape index (κ1) is 12.9. The number of thiophene rings is 1. The molecule has 0 aromatic carbocycles. The number of amides is 1. The predicted molar refractivity (Wildman–Crippen MR) is 74.1 cm³/mol. The van der Waals surface area contributed by atoms with E-state index in [1.807, 2.05) is 12.1 Å². The van der Waals surface area contributed by atoms with Crippen LogP contribution in [0.3, 0.4) is 0 Å². The minimum absolute atomic E-state index is 0.209. The lowest BCUT2D eigenvalue weighted by Crippen LogP contribution is -2.23. The highest BCUT2D eigenvalue weighted by molar-refractivity contribution is 7.19. The molecular weight excluding hydrogens is 270 g/mol. The largest absolute Gasteiger partial charge is 0.347 e. The number of hydrogen-bond acceptors (Lipinski definition) is 3. The van der Waals surface area contributed by atoms with E-state index < -0.39 is 0 Å². The van der Waals surface area contributed by atoms with Crippen molar-refractivity contribution in [3.63, 3.8) is 0 Å². The molecule has 0 bridgehead atoms. The van der Waals surface area contributed by atoms with Crippen molar-refractivity contribution in [2.24, 2.45) is 7.05 Å². The second kappa shape index (κ2) is 5.37. The van der Waals surface area contributed by atoms with Crippen molar-refractivity contribution in [2.75, 3.05) is 6.54 Å². The Morgan fingerprint density at radius 2 is 2.44 bits per heavy atom. The fraction of sp³-hybridized carbons (Fsp3) is 0.167. The highest BCUT2D eigenvalue weighted by Gasteiger charge is 2.14. The van der Waals surface area contributed by atoms with E-state index in [2.05, 4.69) is 17.0 Å². The molecule has 1 N–H and O–H groups in total. The quantitative estimate of drug-likeness (QED) is 0.876. The summed E-state index contributed by atoms with van der Waals surface area (Å²) in [5.41, 5.74) is 1.26. The molecule has 0 radical (unpaired) electrons. The molecule has 6 heteroatoms. The first-order valence-corrected chi connectivity index (χ1v) is 6.50. The molecule has 18 heavy (non-hydrogen) atoms. The zero-order valence-corrected chi connectivity index (χ0v) is 11.4. The summed E-state index contributed by atoms with van der Waals surface area (Å²) in [6, 6.07) is 5.49. The molecule has 0 fully saturated rings. The highest BCUT2D eigenvalue weighted by Crippen LogP contribution is 2.30. The van der Waals surface area contributed by atoms with Gasteiger partial charge in [-0.15, -0.1) is 17.9 Å². The molecule has 2 aromatic rings. The molecule has 0 aliphatic heterocycles. The van der Waals surface area contributed by atoms with Gasteiger partial charge in [0.1, 0.15) is 0 Å². The van der Waals surface area contributed by atoms with Gasteiger partial charge in [-0.2, -0.15) is 5.10 Å². The van der Waals surface area contributed by atoms with E-state index in [0.717, 1.165) is 10.6 Å². The molecule has 0 saturated heterocycles. The summed E-state index contributed by atoms with van der Waals surface area (Å²) in [7, 11) is 1.80. The SMILES string of the molecule is C=CCNC(=O)c1cc(-c2ccc(Cl)s2)n(C)n1. The first-order valence-electron chi connectivity index (χ1n) is 5.30. The van der Waals surface area contributed by atoms with Crippen molar-refractivity contribution in [1.82, 2.24) is 15.1 Å². The summed E-state index contributed by atoms with van der Waals surface area (Å²) in [5, 5.41) is 6.87. The predicted octanol–water partition coefficient (Wildman–Crippen LogP) is 2.72. The number of aromatic nitrogens is 2. The molecule has 0 aliphatic carbocycles. The lowest BCUT2D eigenvalue weighted by Gasteiger charge is -1.96. The van der Waals surface area contributed by atoms with Gasteiger partial charge in [0, 0.05) is 13.6 Å². The second-order valence-corrected chi connectivity index (χ2v) is 5.36. The number of hydrogen-bond donors (Lipinski definition) is 1. The van der Waals surface area contributed by atoms with Crippen LogP contribution in [0, 0.1) is 0 Å². The van der Waals surface area contributed by atoms with E-state index in [0.29, 0.717) is 16.6 Å². The number of nitrogens with zero attached hydrogens (tertiary/aromatic N) is 2. The van der Waals surface area contributed by atoms with Crippen LogP contribution in [0.1, 0.15) is 10.5 Å². The van der Waals surface area contributed by atoms with Crippen molar-refractivity contribution in [3.8, 4) is 10.6 Å². The lowest BCUT2D eigenvalue weighted by atomic mass is 10.3. The number of carbonyl (C=O) groups excluding carboxylic acids is 1. The van der Waals surface area contributed by atoms with Crippen LogP contribution in [0.25, 0.3) is 10.6 Å². The van der Waals surface area contributed by atoms with Crippen LogP contribution in [0.15, 0.2) is 30.9 Å². The fourth-order valence-electron chi connectivity index (χ4n) is 1.52. The van der Waals surface area contributed by atoms with Gasteiger partial charge >= 0.3 is 0 Å². The van der Waals surface area contributed by atoms with Crippen LogP contribution < -0.4 is 5.32 Å². The molecule has 0 spiro atoms. The average Bonchev–Trinajstić information content (AvgIpc) is 2.92. The summed E-state index contributed by atoms with van der Waals surface area (Å²) >= 11 is 7.35. The molecule has 94 valence electrons. The van der Waals surface area contributed by atoms with Crippen LogP contribution in [0.2, 0.25) is 4.34 Å². The molecule has 1 amide bonds. The van der Waals surface area contributed by atoms with Gasteiger partial charge in [0.2, 0.25) is 0 Å². The maximum absolute atomic E-state index is 11.7. The minimum atomic E-state index is -0.209. The van der Waals surface area contributed by atoms with Crippen LogP contribution in [0.4, 0.5) is 0 Å². The maximum Gasteiger partial charge on any atom is 0.272 e. The Morgan fingerprint density at radius 1 is 1.67 bits per heavy atom. The van der Waals surface area contributed by atoms with Crippen LogP contribution in [-0.4, -0.2) is 22.2 Å². The molecular formula is C12H12ClN3OS. The summed E-state index contributed by atoms with van der Waals surface area (Å²) in [4.78, 5) is 12.7. The number of nitrogens with one attached hydrogen (secondary N) is 1. The van der Waals surface area contributed by atoms with Crippen molar-refractivity contribution in [3.05, 3.63) is 40.9 Å². The molecule has 0 aliphatic rings. The van der Waals surface area contributed by atoms with Gasteiger partial charge in [-0.3, -0.25) is 9.48 Å². The van der Waals surface area contributed by atoms with Crippen molar-refractivity contribution >= 4 is 28.8 Å². The number of rotatable bonds is 4. The summed E-state index contributed by atoms with van der Waals surface area (Å²) < 4.78 is 2.38. The standard InChI is InChI=1S/C12H12ClN3OS/c1-3-6-14-12(17)8-7-9(16(2)15-8)10-4-5-11(13)18-10/h3-5,7H,1,6H2,2H3,(H,14,17). The second-order valence-electron chi connectivity index (χ2n) is 3.64. The van der Waals surface area contributed by atoms with E-state index in [9.17, 15) is 4.79 Å². The number of halogens is 1. The van der Waals surface area contributed by atoms with Crippen LogP contribution in [0.5, 0.6) is 0 Å². The Labute approximate surface area is 114 Å². The summed E-state index contributed by atoms with van der Waals surface area (Å²) in [6.45, 7) is 3.97. The average molecular weight is 282 g/mol. The Kier molecular flexibility index (Phi) is 3.84. The zero-order valence-electron chi connectivity index (χ0n) is 9.81. The first-order chi connectivity index (χ1) is 8.61. The van der Waals surface area contributed by atoms with Gasteiger partial charge in [0.05, 0.1) is 14.9 Å². The topological polar surface area (TPSA) is 46.9 Å². The van der Waals surface area contributed by atoms with Crippen LogP contribution >= 0.6 is 22.9 Å². The third kappa shape index (κ3) is 2.63. The van der Waals surface area contributed by atoms with E-state index in [1.54, 1.807) is 23.9 Å². The van der Waals surface area contributed by atoms with Crippen molar-refractivity contribution < 1.29 is 4.79 Å². The van der Waals surface area contributed by atoms with Gasteiger partial charge < -0.3 is 5.32 Å². The molecule has 2 heterocycles. The van der Waals surface area contributed by atoms with E-state index >= 15 is 0 Å². The van der Waals surface area contributed by atoms with Crippen molar-refractivity contribution in [1.29, 1.82) is 0 Å². The van der Waals surface area contributed by atoms with Crippen molar-refractivity contribution in [2.45, 2.75) is 0 Å². The Morgan fingerprint density at radius 3 is 3.06 bits per heavy atom. The Hall–Kier alpha value is -1.59.